The number of phenols is 1. The lowest BCUT2D eigenvalue weighted by Gasteiger charge is -2.21. The van der Waals surface area contributed by atoms with Gasteiger partial charge >= 0.3 is 0 Å². The molecule has 7 nitrogen and oxygen atoms in total. The van der Waals surface area contributed by atoms with Crippen molar-refractivity contribution in [2.75, 3.05) is 34.4 Å². The van der Waals surface area contributed by atoms with Crippen molar-refractivity contribution < 1.29 is 14.6 Å². The van der Waals surface area contributed by atoms with Gasteiger partial charge in [-0.3, -0.25) is 4.99 Å². The van der Waals surface area contributed by atoms with Crippen molar-refractivity contribution in [1.29, 1.82) is 0 Å². The van der Waals surface area contributed by atoms with Gasteiger partial charge in [0.15, 0.2) is 17.5 Å². The van der Waals surface area contributed by atoms with Crippen LogP contribution in [-0.2, 0) is 17.7 Å². The maximum Gasteiger partial charge on any atom is 0.194 e. The number of thiazole rings is 1. The van der Waals surface area contributed by atoms with Crippen LogP contribution >= 0.6 is 11.3 Å². The van der Waals surface area contributed by atoms with Gasteiger partial charge in [-0.15, -0.1) is 11.3 Å². The minimum absolute atomic E-state index is 0.00765. The van der Waals surface area contributed by atoms with Crippen LogP contribution in [0.25, 0.3) is 0 Å². The van der Waals surface area contributed by atoms with E-state index in [-0.39, 0.29) is 11.9 Å². The molecule has 0 aliphatic carbocycles. The molecule has 1 aromatic carbocycles. The number of rotatable bonds is 9. The molecule has 0 spiro atoms. The van der Waals surface area contributed by atoms with Gasteiger partial charge in [-0.2, -0.15) is 0 Å². The number of nitrogens with zero attached hydrogens (tertiary/aromatic N) is 3. The second-order valence-electron chi connectivity index (χ2n) is 6.40. The molecule has 28 heavy (non-hydrogen) atoms. The summed E-state index contributed by atoms with van der Waals surface area (Å²) in [5.41, 5.74) is 2.06. The predicted molar refractivity (Wildman–Crippen MR) is 113 cm³/mol. The molecule has 0 aliphatic rings. The van der Waals surface area contributed by atoms with Crippen LogP contribution in [0.5, 0.6) is 11.5 Å². The number of phenolic OH excluding ortho intramolecular Hbond substituents is 1. The molecule has 1 aromatic heterocycles. The Balaban J connectivity index is 1.99. The molecule has 0 aliphatic heterocycles. The van der Waals surface area contributed by atoms with Crippen LogP contribution in [0.4, 0.5) is 0 Å². The van der Waals surface area contributed by atoms with E-state index in [1.165, 1.54) is 0 Å². The summed E-state index contributed by atoms with van der Waals surface area (Å²) in [6.07, 6.45) is 0.763. The largest absolute Gasteiger partial charge is 0.504 e. The van der Waals surface area contributed by atoms with Crippen molar-refractivity contribution in [3.63, 3.8) is 0 Å². The Morgan fingerprint density at radius 1 is 1.39 bits per heavy atom. The van der Waals surface area contributed by atoms with Gasteiger partial charge in [0, 0.05) is 32.6 Å². The van der Waals surface area contributed by atoms with E-state index < -0.39 is 0 Å². The van der Waals surface area contributed by atoms with Gasteiger partial charge in [-0.1, -0.05) is 6.07 Å². The summed E-state index contributed by atoms with van der Waals surface area (Å²) in [5.74, 6) is 1.46. The Kier molecular flexibility index (Phi) is 8.53. The van der Waals surface area contributed by atoms with Crippen LogP contribution < -0.4 is 10.1 Å². The number of methoxy groups -OCH3 is 2. The summed E-state index contributed by atoms with van der Waals surface area (Å²) in [4.78, 5) is 11.4. The molecule has 0 amide bonds. The Morgan fingerprint density at radius 2 is 2.18 bits per heavy atom. The SMILES string of the molecule is CCNC(=NCCc1ccc(O)c(OC)c1)N(C)Cc1csc(C(C)OC)n1. The van der Waals surface area contributed by atoms with Crippen molar-refractivity contribution in [3.05, 3.63) is 39.8 Å². The summed E-state index contributed by atoms with van der Waals surface area (Å²) < 4.78 is 10.5. The summed E-state index contributed by atoms with van der Waals surface area (Å²) in [6.45, 7) is 6.14. The second kappa shape index (κ2) is 10.9. The fourth-order valence-corrected chi connectivity index (χ4v) is 3.48. The molecule has 1 unspecified atom stereocenters. The summed E-state index contributed by atoms with van der Waals surface area (Å²) >= 11 is 1.61. The Morgan fingerprint density at radius 3 is 2.86 bits per heavy atom. The average molecular weight is 407 g/mol. The molecule has 0 radical (unpaired) electrons. The molecule has 2 rings (SSSR count). The minimum atomic E-state index is 0.00765. The van der Waals surface area contributed by atoms with Gasteiger partial charge in [0.05, 0.1) is 19.3 Å². The van der Waals surface area contributed by atoms with E-state index in [0.29, 0.717) is 18.8 Å². The highest BCUT2D eigenvalue weighted by Crippen LogP contribution is 2.26. The van der Waals surface area contributed by atoms with Crippen LogP contribution in [0.2, 0.25) is 0 Å². The summed E-state index contributed by atoms with van der Waals surface area (Å²) in [5, 5.41) is 16.1. The molecule has 0 saturated heterocycles. The Hall–Kier alpha value is -2.32. The lowest BCUT2D eigenvalue weighted by atomic mass is 10.1. The van der Waals surface area contributed by atoms with Crippen LogP contribution in [0.15, 0.2) is 28.6 Å². The van der Waals surface area contributed by atoms with Crippen molar-refractivity contribution in [2.24, 2.45) is 4.99 Å². The number of aromatic hydroxyl groups is 1. The van der Waals surface area contributed by atoms with E-state index in [4.69, 9.17) is 14.5 Å². The standard InChI is InChI=1S/C20H30N4O3S/c1-6-21-20(22-10-9-15-7-8-17(25)18(11-15)27-5)24(3)12-16-13-28-19(23-16)14(2)26-4/h7-8,11,13-14,25H,6,9-10,12H2,1-5H3,(H,21,22). The molecule has 2 aromatic rings. The van der Waals surface area contributed by atoms with Crippen LogP contribution in [0.1, 0.15) is 36.2 Å². The van der Waals surface area contributed by atoms with Crippen molar-refractivity contribution >= 4 is 17.3 Å². The molecule has 2 N–H and O–H groups in total. The van der Waals surface area contributed by atoms with E-state index in [9.17, 15) is 5.11 Å². The molecular formula is C20H30N4O3S. The molecule has 0 bridgehead atoms. The van der Waals surface area contributed by atoms with Crippen molar-refractivity contribution in [3.8, 4) is 11.5 Å². The number of benzene rings is 1. The first kappa shape index (κ1) is 22.0. The molecule has 154 valence electrons. The maximum absolute atomic E-state index is 9.70. The number of aromatic nitrogens is 1. The predicted octanol–water partition coefficient (Wildman–Crippen LogP) is 3.20. The molecule has 0 saturated carbocycles. The fourth-order valence-electron chi connectivity index (χ4n) is 2.64. The smallest absolute Gasteiger partial charge is 0.194 e. The number of nitrogens with one attached hydrogen (secondary N) is 1. The minimum Gasteiger partial charge on any atom is -0.504 e. The monoisotopic (exact) mass is 406 g/mol. The van der Waals surface area contributed by atoms with E-state index in [1.54, 1.807) is 31.6 Å². The second-order valence-corrected chi connectivity index (χ2v) is 7.29. The van der Waals surface area contributed by atoms with E-state index in [2.05, 4.69) is 27.5 Å². The van der Waals surface area contributed by atoms with Crippen molar-refractivity contribution in [1.82, 2.24) is 15.2 Å². The van der Waals surface area contributed by atoms with Gasteiger partial charge in [0.1, 0.15) is 11.1 Å². The molecule has 0 fully saturated rings. The van der Waals surface area contributed by atoms with E-state index in [0.717, 1.165) is 35.2 Å². The van der Waals surface area contributed by atoms with Gasteiger partial charge in [0.25, 0.3) is 0 Å². The van der Waals surface area contributed by atoms with Gasteiger partial charge in [-0.25, -0.2) is 4.98 Å². The Bertz CT molecular complexity index is 779. The molecule has 8 heteroatoms. The average Bonchev–Trinajstić information content (AvgIpc) is 3.16. The third-order valence-corrected chi connectivity index (χ3v) is 5.33. The molecule has 1 heterocycles. The summed E-state index contributed by atoms with van der Waals surface area (Å²) in [6, 6.07) is 5.38. The van der Waals surface area contributed by atoms with Crippen LogP contribution in [0, 0.1) is 0 Å². The third kappa shape index (κ3) is 6.10. The number of aliphatic imine (C=N–C) groups is 1. The highest BCUT2D eigenvalue weighted by Gasteiger charge is 2.12. The van der Waals surface area contributed by atoms with Gasteiger partial charge in [0.2, 0.25) is 0 Å². The van der Waals surface area contributed by atoms with Crippen molar-refractivity contribution in [2.45, 2.75) is 32.9 Å². The first-order chi connectivity index (χ1) is 13.5. The lowest BCUT2D eigenvalue weighted by Crippen LogP contribution is -2.38. The lowest BCUT2D eigenvalue weighted by molar-refractivity contribution is 0.119. The number of hydrogen-bond donors (Lipinski definition) is 2. The van der Waals surface area contributed by atoms with E-state index in [1.807, 2.05) is 26.1 Å². The topological polar surface area (TPSA) is 79.2 Å². The first-order valence-corrected chi connectivity index (χ1v) is 10.2. The highest BCUT2D eigenvalue weighted by atomic mass is 32.1. The van der Waals surface area contributed by atoms with E-state index >= 15 is 0 Å². The zero-order valence-electron chi connectivity index (χ0n) is 17.2. The quantitative estimate of drug-likeness (QED) is 0.492. The highest BCUT2D eigenvalue weighted by molar-refractivity contribution is 7.09. The number of ether oxygens (including phenoxy) is 2. The zero-order chi connectivity index (χ0) is 20.5. The van der Waals surface area contributed by atoms with Crippen LogP contribution in [0.3, 0.4) is 0 Å². The molecular weight excluding hydrogens is 376 g/mol. The normalized spacial score (nSPS) is 12.7. The number of hydrogen-bond acceptors (Lipinski definition) is 6. The zero-order valence-corrected chi connectivity index (χ0v) is 18.0. The van der Waals surface area contributed by atoms with Gasteiger partial charge in [-0.05, 0) is 38.0 Å². The Labute approximate surface area is 171 Å². The molecule has 1 atom stereocenters. The van der Waals surface area contributed by atoms with Gasteiger partial charge < -0.3 is 24.8 Å². The third-order valence-electron chi connectivity index (χ3n) is 4.27. The summed E-state index contributed by atoms with van der Waals surface area (Å²) in [7, 11) is 5.24. The number of guanidine groups is 1. The fraction of sp³-hybridized carbons (Fsp3) is 0.500. The van der Waals surface area contributed by atoms with Crippen LogP contribution in [-0.4, -0.2) is 55.3 Å². The first-order valence-electron chi connectivity index (χ1n) is 9.30. The maximum atomic E-state index is 9.70.